The Bertz CT molecular complexity index is 1080. The monoisotopic (exact) mass is 466 g/mol. The first kappa shape index (κ1) is 22.6. The van der Waals surface area contributed by atoms with E-state index in [9.17, 15) is 8.42 Å². The summed E-state index contributed by atoms with van der Waals surface area (Å²) in [5.74, 6) is 2.09. The van der Waals surface area contributed by atoms with Crippen LogP contribution in [-0.2, 0) is 22.3 Å². The van der Waals surface area contributed by atoms with E-state index in [2.05, 4.69) is 14.9 Å². The molecule has 1 heterocycles. The van der Waals surface area contributed by atoms with Gasteiger partial charge in [-0.1, -0.05) is 35.5 Å². The molecule has 0 fully saturated rings. The van der Waals surface area contributed by atoms with Crippen molar-refractivity contribution in [1.29, 1.82) is 0 Å². The number of halogens is 1. The van der Waals surface area contributed by atoms with Gasteiger partial charge in [-0.25, -0.2) is 13.1 Å². The maximum absolute atomic E-state index is 12.7. The molecule has 0 saturated heterocycles. The number of benzene rings is 2. The molecule has 3 aromatic rings. The normalized spacial score (nSPS) is 12.7. The van der Waals surface area contributed by atoms with Gasteiger partial charge in [0.1, 0.15) is 5.75 Å². The van der Waals surface area contributed by atoms with Crippen LogP contribution in [0.2, 0.25) is 5.02 Å². The summed E-state index contributed by atoms with van der Waals surface area (Å²) in [6.45, 7) is 4.35. The van der Waals surface area contributed by atoms with Gasteiger partial charge in [0.2, 0.25) is 10.0 Å². The van der Waals surface area contributed by atoms with Gasteiger partial charge in [0.05, 0.1) is 18.0 Å². The third-order valence-electron chi connectivity index (χ3n) is 4.43. The molecule has 1 N–H and O–H groups in total. The van der Waals surface area contributed by atoms with Crippen molar-refractivity contribution in [3.8, 4) is 5.75 Å². The summed E-state index contributed by atoms with van der Waals surface area (Å²) < 4.78 is 35.1. The summed E-state index contributed by atoms with van der Waals surface area (Å²) in [5, 5.41) is 9.73. The number of sulfonamides is 1. The Kier molecular flexibility index (Phi) is 7.41. The van der Waals surface area contributed by atoms with Crippen molar-refractivity contribution >= 4 is 33.4 Å². The zero-order valence-corrected chi connectivity index (χ0v) is 19.3. The molecule has 0 aliphatic heterocycles. The van der Waals surface area contributed by atoms with Crippen molar-refractivity contribution in [3.63, 3.8) is 0 Å². The van der Waals surface area contributed by atoms with Crippen LogP contribution in [0.15, 0.2) is 58.6 Å². The minimum absolute atomic E-state index is 0.149. The second kappa shape index (κ2) is 9.82. The average molecular weight is 467 g/mol. The van der Waals surface area contributed by atoms with Crippen LogP contribution in [0.25, 0.3) is 0 Å². The van der Waals surface area contributed by atoms with Gasteiger partial charge < -0.3 is 9.30 Å². The van der Waals surface area contributed by atoms with Crippen LogP contribution in [0.3, 0.4) is 0 Å². The van der Waals surface area contributed by atoms with E-state index in [0.717, 1.165) is 16.5 Å². The Morgan fingerprint density at radius 1 is 1.13 bits per heavy atom. The Morgan fingerprint density at radius 2 is 1.80 bits per heavy atom. The van der Waals surface area contributed by atoms with Crippen LogP contribution >= 0.6 is 23.4 Å². The van der Waals surface area contributed by atoms with E-state index in [1.54, 1.807) is 37.9 Å². The minimum atomic E-state index is -3.71. The molecule has 1 aromatic heterocycles. The highest BCUT2D eigenvalue weighted by atomic mass is 35.5. The Morgan fingerprint density at radius 3 is 2.40 bits per heavy atom. The molecule has 2 aromatic carbocycles. The lowest BCUT2D eigenvalue weighted by molar-refractivity contribution is 0.414. The Hall–Kier alpha value is -2.07. The number of thioether (sulfide) groups is 1. The molecule has 0 saturated carbocycles. The fourth-order valence-corrected chi connectivity index (χ4v) is 5.15. The van der Waals surface area contributed by atoms with Gasteiger partial charge in [-0.3, -0.25) is 0 Å². The summed E-state index contributed by atoms with van der Waals surface area (Å²) in [7, 11) is -2.07. The predicted octanol–water partition coefficient (Wildman–Crippen LogP) is 4.29. The fraction of sp³-hybridized carbons (Fsp3) is 0.300. The molecule has 7 nitrogen and oxygen atoms in total. The van der Waals surface area contributed by atoms with E-state index in [1.165, 1.54) is 12.1 Å². The van der Waals surface area contributed by atoms with Gasteiger partial charge in [-0.05, 0) is 55.8 Å². The van der Waals surface area contributed by atoms with Crippen LogP contribution in [0, 0.1) is 0 Å². The molecule has 3 rings (SSSR count). The van der Waals surface area contributed by atoms with Gasteiger partial charge in [-0.15, -0.1) is 10.2 Å². The van der Waals surface area contributed by atoms with E-state index in [-0.39, 0.29) is 4.90 Å². The molecule has 0 aliphatic carbocycles. The highest BCUT2D eigenvalue weighted by Crippen LogP contribution is 2.26. The van der Waals surface area contributed by atoms with Gasteiger partial charge >= 0.3 is 0 Å². The zero-order valence-electron chi connectivity index (χ0n) is 16.9. The van der Waals surface area contributed by atoms with Crippen LogP contribution < -0.4 is 9.46 Å². The van der Waals surface area contributed by atoms with Crippen molar-refractivity contribution in [1.82, 2.24) is 19.5 Å². The van der Waals surface area contributed by atoms with Gasteiger partial charge in [0.15, 0.2) is 11.0 Å². The number of hydrogen-bond acceptors (Lipinski definition) is 6. The SMILES string of the molecule is CCn1c(SCc2ccc(OC)cc2)nnc1[C@H](C)NS(=O)(=O)c1ccc(Cl)cc1. The minimum Gasteiger partial charge on any atom is -0.497 e. The van der Waals surface area contributed by atoms with Crippen molar-refractivity contribution < 1.29 is 13.2 Å². The largest absolute Gasteiger partial charge is 0.497 e. The maximum Gasteiger partial charge on any atom is 0.241 e. The lowest BCUT2D eigenvalue weighted by atomic mass is 10.2. The molecular weight excluding hydrogens is 444 g/mol. The summed E-state index contributed by atoms with van der Waals surface area (Å²) in [6.07, 6.45) is 0. The van der Waals surface area contributed by atoms with E-state index < -0.39 is 16.1 Å². The third kappa shape index (κ3) is 5.34. The van der Waals surface area contributed by atoms with Crippen molar-refractivity contribution in [2.45, 2.75) is 42.2 Å². The predicted molar refractivity (Wildman–Crippen MR) is 118 cm³/mol. The average Bonchev–Trinajstić information content (AvgIpc) is 3.15. The van der Waals surface area contributed by atoms with Crippen LogP contribution in [-0.4, -0.2) is 30.3 Å². The fourth-order valence-electron chi connectivity index (χ4n) is 2.86. The Labute approximate surface area is 185 Å². The summed E-state index contributed by atoms with van der Waals surface area (Å²) in [5.41, 5.74) is 1.13. The molecule has 10 heteroatoms. The molecule has 0 aliphatic rings. The molecule has 1 atom stereocenters. The van der Waals surface area contributed by atoms with Gasteiger partial charge in [0.25, 0.3) is 0 Å². The quantitative estimate of drug-likeness (QED) is 0.473. The summed E-state index contributed by atoms with van der Waals surface area (Å²) in [4.78, 5) is 0.149. The van der Waals surface area contributed by atoms with Crippen LogP contribution in [0.1, 0.15) is 31.3 Å². The van der Waals surface area contributed by atoms with Crippen LogP contribution in [0.5, 0.6) is 5.75 Å². The number of ether oxygens (including phenoxy) is 1. The second-order valence-electron chi connectivity index (χ2n) is 6.52. The van der Waals surface area contributed by atoms with Crippen molar-refractivity contribution in [3.05, 3.63) is 64.9 Å². The lowest BCUT2D eigenvalue weighted by Crippen LogP contribution is -2.29. The highest BCUT2D eigenvalue weighted by Gasteiger charge is 2.23. The molecule has 0 radical (unpaired) electrons. The van der Waals surface area contributed by atoms with Crippen molar-refractivity contribution in [2.24, 2.45) is 0 Å². The van der Waals surface area contributed by atoms with Crippen molar-refractivity contribution in [2.75, 3.05) is 7.11 Å². The highest BCUT2D eigenvalue weighted by molar-refractivity contribution is 7.98. The number of nitrogens with one attached hydrogen (secondary N) is 1. The van der Waals surface area contributed by atoms with E-state index in [0.29, 0.717) is 23.1 Å². The number of aromatic nitrogens is 3. The van der Waals surface area contributed by atoms with Crippen LogP contribution in [0.4, 0.5) is 0 Å². The van der Waals surface area contributed by atoms with Gasteiger partial charge in [0, 0.05) is 17.3 Å². The topological polar surface area (TPSA) is 86.1 Å². The molecule has 0 spiro atoms. The molecule has 0 amide bonds. The lowest BCUT2D eigenvalue weighted by Gasteiger charge is -2.15. The first-order valence-corrected chi connectivity index (χ1v) is 12.2. The van der Waals surface area contributed by atoms with Gasteiger partial charge in [-0.2, -0.15) is 0 Å². The standard InChI is InChI=1S/C20H23ClN4O3S2/c1-4-25-19(14(2)24-30(26,27)18-11-7-16(21)8-12-18)22-23-20(25)29-13-15-5-9-17(28-3)10-6-15/h5-12,14,24H,4,13H2,1-3H3/t14-/m0/s1. The number of hydrogen-bond donors (Lipinski definition) is 1. The molecule has 30 heavy (non-hydrogen) atoms. The zero-order chi connectivity index (χ0) is 21.7. The third-order valence-corrected chi connectivity index (χ3v) is 7.28. The molecular formula is C20H23ClN4O3S2. The first-order valence-electron chi connectivity index (χ1n) is 9.30. The number of rotatable bonds is 9. The summed E-state index contributed by atoms with van der Waals surface area (Å²) in [6, 6.07) is 13.3. The first-order chi connectivity index (χ1) is 14.3. The second-order valence-corrected chi connectivity index (χ2v) is 9.61. The molecule has 160 valence electrons. The molecule has 0 unspecified atom stereocenters. The van der Waals surface area contributed by atoms with E-state index in [1.807, 2.05) is 35.8 Å². The Balaban J connectivity index is 1.72. The molecule has 0 bridgehead atoms. The number of nitrogens with zero attached hydrogens (tertiary/aromatic N) is 3. The number of methoxy groups -OCH3 is 1. The van der Waals surface area contributed by atoms with E-state index >= 15 is 0 Å². The smallest absolute Gasteiger partial charge is 0.241 e. The van der Waals surface area contributed by atoms with E-state index in [4.69, 9.17) is 16.3 Å². The maximum atomic E-state index is 12.7. The summed E-state index contributed by atoms with van der Waals surface area (Å²) >= 11 is 7.40.